The molecule has 0 aliphatic heterocycles. The van der Waals surface area contributed by atoms with E-state index in [1.165, 1.54) is 6.07 Å². The first kappa shape index (κ1) is 11.8. The average molecular weight is 236 g/mol. The normalized spacial score (nSPS) is 10.8. The third-order valence-corrected chi connectivity index (χ3v) is 2.54. The number of rotatable bonds is 4. The molecule has 0 unspecified atom stereocenters. The van der Waals surface area contributed by atoms with Gasteiger partial charge in [0.05, 0.1) is 0 Å². The summed E-state index contributed by atoms with van der Waals surface area (Å²) in [5, 5.41) is 3.05. The van der Waals surface area contributed by atoms with Gasteiger partial charge in [-0.2, -0.15) is 0 Å². The van der Waals surface area contributed by atoms with E-state index in [-0.39, 0.29) is 0 Å². The molecule has 2 rings (SSSR count). The zero-order valence-corrected chi connectivity index (χ0v) is 9.58. The third kappa shape index (κ3) is 2.91. The van der Waals surface area contributed by atoms with Crippen molar-refractivity contribution in [1.82, 2.24) is 9.88 Å². The highest BCUT2D eigenvalue weighted by molar-refractivity contribution is 5.19. The number of hydrogen-bond donors (Lipinski definition) is 1. The van der Waals surface area contributed by atoms with E-state index in [0.29, 0.717) is 6.54 Å². The number of hydrogen-bond acceptors (Lipinski definition) is 1. The molecule has 1 N–H and O–H groups in total. The van der Waals surface area contributed by atoms with Crippen molar-refractivity contribution < 1.29 is 8.78 Å². The fraction of sp³-hybridized carbons (Fsp3) is 0.231. The molecule has 0 amide bonds. The molecule has 17 heavy (non-hydrogen) atoms. The lowest BCUT2D eigenvalue weighted by Gasteiger charge is -2.03. The molecule has 4 heteroatoms. The maximum atomic E-state index is 13.0. The van der Waals surface area contributed by atoms with Crippen molar-refractivity contribution in [2.24, 2.45) is 0 Å². The summed E-state index contributed by atoms with van der Waals surface area (Å²) in [4.78, 5) is 0. The lowest BCUT2D eigenvalue weighted by molar-refractivity contribution is 0.506. The van der Waals surface area contributed by atoms with E-state index in [9.17, 15) is 8.78 Å². The lowest BCUT2D eigenvalue weighted by atomic mass is 10.2. The van der Waals surface area contributed by atoms with Gasteiger partial charge in [0.1, 0.15) is 0 Å². The van der Waals surface area contributed by atoms with Crippen molar-refractivity contribution in [1.29, 1.82) is 0 Å². The van der Waals surface area contributed by atoms with Crippen LogP contribution in [0.5, 0.6) is 0 Å². The van der Waals surface area contributed by atoms with Gasteiger partial charge in [-0.05, 0) is 36.4 Å². The zero-order valence-electron chi connectivity index (χ0n) is 9.58. The van der Waals surface area contributed by atoms with Crippen LogP contribution in [0, 0.1) is 11.6 Å². The van der Waals surface area contributed by atoms with Gasteiger partial charge >= 0.3 is 0 Å². The first-order valence-corrected chi connectivity index (χ1v) is 5.42. The van der Waals surface area contributed by atoms with Gasteiger partial charge in [-0.25, -0.2) is 8.78 Å². The van der Waals surface area contributed by atoms with Gasteiger partial charge in [0.25, 0.3) is 0 Å². The summed E-state index contributed by atoms with van der Waals surface area (Å²) in [5.41, 5.74) is 1.91. The molecule has 1 aromatic carbocycles. The van der Waals surface area contributed by atoms with E-state index in [1.807, 2.05) is 30.1 Å². The van der Waals surface area contributed by atoms with Crippen LogP contribution in [0.25, 0.3) is 0 Å². The van der Waals surface area contributed by atoms with Crippen LogP contribution in [0.3, 0.4) is 0 Å². The summed E-state index contributed by atoms with van der Waals surface area (Å²) in [7, 11) is 1.88. The SMILES string of the molecule is CNCc1ccn(Cc2ccc(F)c(F)c2)c1. The van der Waals surface area contributed by atoms with Crippen LogP contribution in [-0.4, -0.2) is 11.6 Å². The summed E-state index contributed by atoms with van der Waals surface area (Å²) >= 11 is 0. The van der Waals surface area contributed by atoms with Crippen LogP contribution >= 0.6 is 0 Å². The summed E-state index contributed by atoms with van der Waals surface area (Å²) < 4.78 is 27.7. The van der Waals surface area contributed by atoms with Crippen LogP contribution in [0.1, 0.15) is 11.1 Å². The van der Waals surface area contributed by atoms with Gasteiger partial charge in [0, 0.05) is 25.5 Å². The minimum absolute atomic E-state index is 0.543. The Hall–Kier alpha value is -1.68. The number of benzene rings is 1. The number of nitrogens with one attached hydrogen (secondary N) is 1. The van der Waals surface area contributed by atoms with Crippen molar-refractivity contribution >= 4 is 0 Å². The summed E-state index contributed by atoms with van der Waals surface area (Å²) in [6.45, 7) is 1.34. The monoisotopic (exact) mass is 236 g/mol. The second-order valence-electron chi connectivity index (χ2n) is 3.97. The molecule has 2 aromatic rings. The molecule has 0 fully saturated rings. The highest BCUT2D eigenvalue weighted by Gasteiger charge is 2.03. The first-order chi connectivity index (χ1) is 8.19. The van der Waals surface area contributed by atoms with E-state index in [4.69, 9.17) is 0 Å². The summed E-state index contributed by atoms with van der Waals surface area (Å²) in [6.07, 6.45) is 3.91. The van der Waals surface area contributed by atoms with Crippen LogP contribution in [0.2, 0.25) is 0 Å². The van der Waals surface area contributed by atoms with Crippen molar-refractivity contribution in [3.8, 4) is 0 Å². The average Bonchev–Trinajstić information content (AvgIpc) is 2.72. The topological polar surface area (TPSA) is 17.0 Å². The standard InChI is InChI=1S/C13H14F2N2/c1-16-7-11-4-5-17(9-11)8-10-2-3-12(14)13(15)6-10/h2-6,9,16H,7-8H2,1H3. The first-order valence-electron chi connectivity index (χ1n) is 5.42. The van der Waals surface area contributed by atoms with Crippen LogP contribution in [0.4, 0.5) is 8.78 Å². The zero-order chi connectivity index (χ0) is 12.3. The number of aromatic nitrogens is 1. The molecule has 0 aliphatic rings. The van der Waals surface area contributed by atoms with Crippen molar-refractivity contribution in [3.05, 3.63) is 59.4 Å². The third-order valence-electron chi connectivity index (χ3n) is 2.54. The van der Waals surface area contributed by atoms with Gasteiger partial charge in [-0.1, -0.05) is 6.07 Å². The second-order valence-corrected chi connectivity index (χ2v) is 3.97. The van der Waals surface area contributed by atoms with E-state index in [2.05, 4.69) is 5.32 Å². The molecule has 0 bridgehead atoms. The van der Waals surface area contributed by atoms with E-state index in [1.54, 1.807) is 6.07 Å². The van der Waals surface area contributed by atoms with E-state index >= 15 is 0 Å². The molecule has 2 nitrogen and oxygen atoms in total. The Balaban J connectivity index is 2.11. The Labute approximate surface area is 98.9 Å². The minimum atomic E-state index is -0.808. The van der Waals surface area contributed by atoms with Crippen LogP contribution in [0.15, 0.2) is 36.7 Å². The molecule has 1 heterocycles. The summed E-state index contributed by atoms with van der Waals surface area (Å²) in [6, 6.07) is 5.97. The molecule has 0 saturated carbocycles. The van der Waals surface area contributed by atoms with Crippen molar-refractivity contribution in [3.63, 3.8) is 0 Å². The molecular weight excluding hydrogens is 222 g/mol. The van der Waals surface area contributed by atoms with Crippen LogP contribution in [-0.2, 0) is 13.1 Å². The molecule has 0 aliphatic carbocycles. The smallest absolute Gasteiger partial charge is 0.159 e. The van der Waals surface area contributed by atoms with Gasteiger partial charge in [0.2, 0.25) is 0 Å². The quantitative estimate of drug-likeness (QED) is 0.863. The van der Waals surface area contributed by atoms with Gasteiger partial charge in [0.15, 0.2) is 11.6 Å². The molecule has 0 radical (unpaired) electrons. The Morgan fingerprint density at radius 3 is 2.65 bits per heavy atom. The highest BCUT2D eigenvalue weighted by Crippen LogP contribution is 2.11. The second kappa shape index (κ2) is 5.10. The predicted octanol–water partition coefficient (Wildman–Crippen LogP) is 2.53. The van der Waals surface area contributed by atoms with Gasteiger partial charge in [-0.15, -0.1) is 0 Å². The minimum Gasteiger partial charge on any atom is -0.350 e. The van der Waals surface area contributed by atoms with Gasteiger partial charge < -0.3 is 9.88 Å². The van der Waals surface area contributed by atoms with Gasteiger partial charge in [-0.3, -0.25) is 0 Å². The molecule has 0 atom stereocenters. The van der Waals surface area contributed by atoms with E-state index in [0.717, 1.165) is 23.7 Å². The molecule has 90 valence electrons. The maximum absolute atomic E-state index is 13.0. The molecule has 1 aromatic heterocycles. The highest BCUT2D eigenvalue weighted by atomic mass is 19.2. The summed E-state index contributed by atoms with van der Waals surface area (Å²) in [5.74, 6) is -1.61. The fourth-order valence-electron chi connectivity index (χ4n) is 1.75. The Kier molecular flexibility index (Phi) is 3.54. The fourth-order valence-corrected chi connectivity index (χ4v) is 1.75. The lowest BCUT2D eigenvalue weighted by Crippen LogP contribution is -2.04. The molecule has 0 spiro atoms. The largest absolute Gasteiger partial charge is 0.350 e. The Bertz CT molecular complexity index is 506. The van der Waals surface area contributed by atoms with Crippen molar-refractivity contribution in [2.75, 3.05) is 7.05 Å². The molecular formula is C13H14F2N2. The Morgan fingerprint density at radius 1 is 1.12 bits per heavy atom. The van der Waals surface area contributed by atoms with E-state index < -0.39 is 11.6 Å². The van der Waals surface area contributed by atoms with Crippen LogP contribution < -0.4 is 5.32 Å². The maximum Gasteiger partial charge on any atom is 0.159 e. The number of halogens is 2. The Morgan fingerprint density at radius 2 is 1.94 bits per heavy atom. The predicted molar refractivity (Wildman–Crippen MR) is 62.7 cm³/mol. The van der Waals surface area contributed by atoms with Crippen molar-refractivity contribution in [2.45, 2.75) is 13.1 Å². The number of nitrogens with zero attached hydrogens (tertiary/aromatic N) is 1. The molecule has 0 saturated heterocycles.